The number of rotatable bonds is 4. The third-order valence-electron chi connectivity index (χ3n) is 2.84. The number of nitrogens with zero attached hydrogens (tertiary/aromatic N) is 2. The molecule has 1 heterocycles. The minimum Gasteiger partial charge on any atom is -0.506 e. The molecule has 0 saturated heterocycles. The highest BCUT2D eigenvalue weighted by molar-refractivity contribution is 9.10. The topological polar surface area (TPSA) is 67.2 Å². The van der Waals surface area contributed by atoms with Crippen LogP contribution in [0.4, 0.5) is 14.5 Å². The van der Waals surface area contributed by atoms with Crippen molar-refractivity contribution in [1.29, 1.82) is 0 Å². The summed E-state index contributed by atoms with van der Waals surface area (Å²) in [5.74, 6) is -0.548. The van der Waals surface area contributed by atoms with Gasteiger partial charge in [-0.3, -0.25) is 9.48 Å². The summed E-state index contributed by atoms with van der Waals surface area (Å²) in [4.78, 5) is 11.9. The summed E-state index contributed by atoms with van der Waals surface area (Å²) in [6.07, 6.45) is -2.72. The van der Waals surface area contributed by atoms with E-state index in [4.69, 9.17) is 0 Å². The lowest BCUT2D eigenvalue weighted by Gasteiger charge is -2.08. The number of anilines is 1. The Bertz CT molecular complexity index is 673. The van der Waals surface area contributed by atoms with E-state index in [1.165, 1.54) is 16.8 Å². The van der Waals surface area contributed by atoms with E-state index >= 15 is 0 Å². The molecular weight excluding hydrogens is 348 g/mol. The van der Waals surface area contributed by atoms with Gasteiger partial charge in [0.05, 0.1) is 15.9 Å². The molecular formula is C13H12BrF2N3O2. The van der Waals surface area contributed by atoms with Crippen LogP contribution in [0, 0.1) is 6.92 Å². The molecule has 8 heteroatoms. The lowest BCUT2D eigenvalue weighted by Crippen LogP contribution is -2.20. The molecule has 1 aromatic carbocycles. The highest BCUT2D eigenvalue weighted by atomic mass is 79.9. The number of phenols is 1. The molecule has 2 aromatic rings. The van der Waals surface area contributed by atoms with Gasteiger partial charge in [0.2, 0.25) is 5.91 Å². The summed E-state index contributed by atoms with van der Waals surface area (Å²) in [6.45, 7) is 1.35. The number of carbonyl (C=O) groups excluding carboxylic acids is 1. The monoisotopic (exact) mass is 359 g/mol. The largest absolute Gasteiger partial charge is 0.506 e. The average molecular weight is 360 g/mol. The van der Waals surface area contributed by atoms with Gasteiger partial charge in [-0.15, -0.1) is 0 Å². The van der Waals surface area contributed by atoms with Gasteiger partial charge in [0.25, 0.3) is 6.43 Å². The van der Waals surface area contributed by atoms with Crippen LogP contribution in [0.1, 0.15) is 17.8 Å². The number of benzene rings is 1. The second kappa shape index (κ2) is 6.21. The summed E-state index contributed by atoms with van der Waals surface area (Å²) in [5, 5.41) is 15.8. The average Bonchev–Trinajstić information content (AvgIpc) is 2.70. The van der Waals surface area contributed by atoms with E-state index in [2.05, 4.69) is 26.3 Å². The van der Waals surface area contributed by atoms with Crippen LogP contribution in [0.15, 0.2) is 28.7 Å². The van der Waals surface area contributed by atoms with E-state index in [0.29, 0.717) is 5.69 Å². The van der Waals surface area contributed by atoms with Gasteiger partial charge < -0.3 is 10.4 Å². The summed E-state index contributed by atoms with van der Waals surface area (Å²) < 4.78 is 26.8. The first kappa shape index (κ1) is 15.4. The van der Waals surface area contributed by atoms with Crippen LogP contribution in [0.3, 0.4) is 0 Å². The minimum absolute atomic E-state index is 0.0718. The van der Waals surface area contributed by atoms with Crippen molar-refractivity contribution in [1.82, 2.24) is 9.78 Å². The van der Waals surface area contributed by atoms with Crippen LogP contribution in [0.2, 0.25) is 0 Å². The van der Waals surface area contributed by atoms with Crippen LogP contribution < -0.4 is 5.32 Å². The second-order valence-electron chi connectivity index (χ2n) is 4.31. The van der Waals surface area contributed by atoms with Crippen LogP contribution in [-0.4, -0.2) is 20.8 Å². The molecule has 0 unspecified atom stereocenters. The van der Waals surface area contributed by atoms with E-state index < -0.39 is 18.0 Å². The molecule has 0 atom stereocenters. The van der Waals surface area contributed by atoms with Gasteiger partial charge in [-0.1, -0.05) is 12.1 Å². The Kier molecular flexibility index (Phi) is 4.56. The number of aromatic nitrogens is 2. The quantitative estimate of drug-likeness (QED) is 0.823. The van der Waals surface area contributed by atoms with Gasteiger partial charge in [-0.25, -0.2) is 8.78 Å². The van der Waals surface area contributed by atoms with Crippen molar-refractivity contribution in [3.05, 3.63) is 40.1 Å². The fourth-order valence-corrected chi connectivity index (χ4v) is 2.20. The Morgan fingerprint density at radius 3 is 2.71 bits per heavy atom. The number of para-hydroxylation sites is 2. The first-order valence-electron chi connectivity index (χ1n) is 5.99. The Hall–Kier alpha value is -1.96. The Morgan fingerprint density at radius 2 is 2.14 bits per heavy atom. The predicted molar refractivity (Wildman–Crippen MR) is 76.4 cm³/mol. The zero-order chi connectivity index (χ0) is 15.6. The summed E-state index contributed by atoms with van der Waals surface area (Å²) >= 11 is 3.03. The third-order valence-corrected chi connectivity index (χ3v) is 3.82. The first-order chi connectivity index (χ1) is 9.90. The number of halogens is 3. The molecule has 0 aliphatic carbocycles. The third kappa shape index (κ3) is 3.38. The molecule has 2 rings (SSSR count). The van der Waals surface area contributed by atoms with Crippen LogP contribution >= 0.6 is 15.9 Å². The summed E-state index contributed by atoms with van der Waals surface area (Å²) in [5.41, 5.74) is 0.279. The molecule has 1 amide bonds. The van der Waals surface area contributed by atoms with Crippen molar-refractivity contribution >= 4 is 27.5 Å². The van der Waals surface area contributed by atoms with Crippen LogP contribution in [0.25, 0.3) is 0 Å². The number of carbonyl (C=O) groups is 1. The van der Waals surface area contributed by atoms with Crippen molar-refractivity contribution < 1.29 is 18.7 Å². The van der Waals surface area contributed by atoms with Gasteiger partial charge >= 0.3 is 0 Å². The molecule has 5 nitrogen and oxygen atoms in total. The van der Waals surface area contributed by atoms with E-state index in [0.717, 1.165) is 0 Å². The summed E-state index contributed by atoms with van der Waals surface area (Å²) in [7, 11) is 0. The minimum atomic E-state index is -2.72. The van der Waals surface area contributed by atoms with Crippen molar-refractivity contribution in [2.75, 3.05) is 5.32 Å². The van der Waals surface area contributed by atoms with Crippen LogP contribution in [0.5, 0.6) is 5.75 Å². The molecule has 0 spiro atoms. The molecule has 0 aliphatic heterocycles. The maximum atomic E-state index is 12.7. The number of aromatic hydroxyl groups is 1. The smallest absolute Gasteiger partial charge is 0.283 e. The van der Waals surface area contributed by atoms with Crippen molar-refractivity contribution in [2.24, 2.45) is 0 Å². The number of amides is 1. The predicted octanol–water partition coefficient (Wildman–Crippen LogP) is 3.24. The summed E-state index contributed by atoms with van der Waals surface area (Å²) in [6, 6.07) is 6.23. The van der Waals surface area contributed by atoms with Gasteiger partial charge in [0.15, 0.2) is 0 Å². The maximum Gasteiger partial charge on any atom is 0.283 e. The highest BCUT2D eigenvalue weighted by Gasteiger charge is 2.21. The first-order valence-corrected chi connectivity index (χ1v) is 6.78. The molecule has 112 valence electrons. The lowest BCUT2D eigenvalue weighted by molar-refractivity contribution is -0.117. The van der Waals surface area contributed by atoms with E-state index in [-0.39, 0.29) is 22.5 Å². The fraction of sp³-hybridized carbons (Fsp3) is 0.231. The van der Waals surface area contributed by atoms with E-state index in [9.17, 15) is 18.7 Å². The Morgan fingerprint density at radius 1 is 1.48 bits per heavy atom. The molecule has 0 bridgehead atoms. The molecule has 2 N–H and O–H groups in total. The highest BCUT2D eigenvalue weighted by Crippen LogP contribution is 2.29. The fourth-order valence-electron chi connectivity index (χ4n) is 1.75. The van der Waals surface area contributed by atoms with Crippen molar-refractivity contribution in [2.45, 2.75) is 19.9 Å². The number of hydrogen-bond donors (Lipinski definition) is 2. The van der Waals surface area contributed by atoms with Crippen molar-refractivity contribution in [3.8, 4) is 5.75 Å². The number of alkyl halides is 2. The lowest BCUT2D eigenvalue weighted by atomic mass is 10.3. The molecule has 0 aliphatic rings. The SMILES string of the molecule is Cc1c(Br)c(C(F)F)nn1CC(=O)Nc1ccccc1O. The van der Waals surface area contributed by atoms with E-state index in [1.54, 1.807) is 19.1 Å². The zero-order valence-corrected chi connectivity index (χ0v) is 12.6. The second-order valence-corrected chi connectivity index (χ2v) is 5.10. The van der Waals surface area contributed by atoms with Crippen LogP contribution in [-0.2, 0) is 11.3 Å². The molecule has 1 aromatic heterocycles. The van der Waals surface area contributed by atoms with Crippen molar-refractivity contribution in [3.63, 3.8) is 0 Å². The number of hydrogen-bond acceptors (Lipinski definition) is 3. The number of phenolic OH excluding ortho intramolecular Hbond substituents is 1. The molecule has 0 saturated carbocycles. The zero-order valence-electron chi connectivity index (χ0n) is 11.0. The number of nitrogens with one attached hydrogen (secondary N) is 1. The van der Waals surface area contributed by atoms with Gasteiger partial charge in [-0.05, 0) is 35.0 Å². The van der Waals surface area contributed by atoms with Gasteiger partial charge in [-0.2, -0.15) is 5.10 Å². The Labute approximate surface area is 127 Å². The normalized spacial score (nSPS) is 10.9. The van der Waals surface area contributed by atoms with Gasteiger partial charge in [0.1, 0.15) is 18.0 Å². The standard InChI is InChI=1S/C13H12BrF2N3O2/c1-7-11(14)12(13(15)16)18-19(7)6-10(21)17-8-4-2-3-5-9(8)20/h2-5,13,20H,6H2,1H3,(H,17,21). The molecule has 0 radical (unpaired) electrons. The maximum absolute atomic E-state index is 12.7. The molecule has 21 heavy (non-hydrogen) atoms. The van der Waals surface area contributed by atoms with Gasteiger partial charge in [0, 0.05) is 0 Å². The Balaban J connectivity index is 2.14. The van der Waals surface area contributed by atoms with E-state index in [1.807, 2.05) is 0 Å². The molecule has 0 fully saturated rings.